The summed E-state index contributed by atoms with van der Waals surface area (Å²) in [6, 6.07) is 0.831. The normalized spacial score (nSPS) is 15.1. The molecule has 0 aliphatic rings. The first kappa shape index (κ1) is 21.9. The Morgan fingerprint density at radius 2 is 1.04 bits per heavy atom. The average molecular weight is 318 g/mol. The van der Waals surface area contributed by atoms with E-state index in [1.165, 1.54) is 22.3 Å². The van der Waals surface area contributed by atoms with Gasteiger partial charge in [0.05, 0.1) is 0 Å². The second-order valence-electron chi connectivity index (χ2n) is 7.41. The number of hydrogen-bond donors (Lipinski definition) is 1. The minimum absolute atomic E-state index is 0.415. The van der Waals surface area contributed by atoms with Gasteiger partial charge in [-0.15, -0.1) is 0 Å². The monoisotopic (exact) mass is 317 g/mol. The van der Waals surface area contributed by atoms with Crippen molar-refractivity contribution < 1.29 is 0 Å². The van der Waals surface area contributed by atoms with Crippen molar-refractivity contribution in [1.82, 2.24) is 5.32 Å². The number of hydrogen-bond acceptors (Lipinski definition) is 1. The van der Waals surface area contributed by atoms with Crippen LogP contribution in [-0.2, 0) is 0 Å². The second kappa shape index (κ2) is 12.4. The quantitative estimate of drug-likeness (QED) is 0.440. The van der Waals surface area contributed by atoms with Gasteiger partial charge in [-0.05, 0) is 81.1 Å². The summed E-state index contributed by atoms with van der Waals surface area (Å²) >= 11 is 0. The van der Waals surface area contributed by atoms with E-state index in [0.29, 0.717) is 12.1 Å². The largest absolute Gasteiger partial charge is 0.305 e. The van der Waals surface area contributed by atoms with E-state index >= 15 is 0 Å². The van der Waals surface area contributed by atoms with Crippen molar-refractivity contribution in [2.75, 3.05) is 0 Å². The second-order valence-corrected chi connectivity index (χ2v) is 7.41. The van der Waals surface area contributed by atoms with Crippen molar-refractivity contribution in [1.29, 1.82) is 0 Å². The summed E-state index contributed by atoms with van der Waals surface area (Å²) in [5.74, 6) is 0. The van der Waals surface area contributed by atoms with E-state index in [4.69, 9.17) is 0 Å². The maximum Gasteiger partial charge on any atom is 0.0229 e. The minimum atomic E-state index is 0.415. The van der Waals surface area contributed by atoms with Crippen LogP contribution in [0.2, 0.25) is 0 Å². The first-order valence-corrected chi connectivity index (χ1v) is 9.08. The van der Waals surface area contributed by atoms with Gasteiger partial charge in [0, 0.05) is 12.1 Å². The zero-order valence-electron chi connectivity index (χ0n) is 16.8. The van der Waals surface area contributed by atoms with Crippen molar-refractivity contribution in [3.63, 3.8) is 0 Å². The fourth-order valence-corrected chi connectivity index (χ4v) is 2.71. The van der Waals surface area contributed by atoms with Crippen LogP contribution >= 0.6 is 0 Å². The third kappa shape index (κ3) is 14.3. The Morgan fingerprint density at radius 3 is 1.35 bits per heavy atom. The molecule has 132 valence electrons. The van der Waals surface area contributed by atoms with Crippen LogP contribution in [0.1, 0.15) is 81.1 Å². The molecule has 2 atom stereocenters. The highest BCUT2D eigenvalue weighted by atomic mass is 14.9. The van der Waals surface area contributed by atoms with E-state index in [9.17, 15) is 0 Å². The first-order valence-electron chi connectivity index (χ1n) is 9.08. The molecule has 0 rings (SSSR count). The lowest BCUT2D eigenvalue weighted by Crippen LogP contribution is -2.32. The van der Waals surface area contributed by atoms with Gasteiger partial charge in [0.25, 0.3) is 0 Å². The van der Waals surface area contributed by atoms with Gasteiger partial charge in [-0.25, -0.2) is 0 Å². The Hall–Kier alpha value is -1.08. The van der Waals surface area contributed by atoms with Crippen LogP contribution in [0.5, 0.6) is 0 Å². The summed E-state index contributed by atoms with van der Waals surface area (Å²) < 4.78 is 0. The zero-order chi connectivity index (χ0) is 17.8. The van der Waals surface area contributed by atoms with Crippen molar-refractivity contribution in [3.8, 4) is 0 Å². The summed E-state index contributed by atoms with van der Waals surface area (Å²) in [6.45, 7) is 17.6. The van der Waals surface area contributed by atoms with E-state index in [1.54, 1.807) is 0 Å². The molecule has 23 heavy (non-hydrogen) atoms. The molecule has 0 aliphatic heterocycles. The van der Waals surface area contributed by atoms with E-state index in [1.807, 2.05) is 0 Å². The Labute approximate surface area is 145 Å². The lowest BCUT2D eigenvalue weighted by molar-refractivity contribution is 0.579. The van der Waals surface area contributed by atoms with E-state index in [-0.39, 0.29) is 0 Å². The minimum Gasteiger partial charge on any atom is -0.305 e. The first-order chi connectivity index (χ1) is 10.7. The summed E-state index contributed by atoms with van der Waals surface area (Å²) in [6.07, 6.45) is 14.0. The van der Waals surface area contributed by atoms with Gasteiger partial charge < -0.3 is 5.32 Å². The molecule has 1 heteroatoms. The molecule has 0 radical (unpaired) electrons. The highest BCUT2D eigenvalue weighted by molar-refractivity contribution is 5.09. The number of rotatable bonds is 10. The third-order valence-corrected chi connectivity index (χ3v) is 3.78. The van der Waals surface area contributed by atoms with Crippen molar-refractivity contribution >= 4 is 0 Å². The lowest BCUT2D eigenvalue weighted by atomic mass is 10.1. The topological polar surface area (TPSA) is 12.0 Å². The fourth-order valence-electron chi connectivity index (χ4n) is 2.71. The van der Waals surface area contributed by atoms with Crippen LogP contribution in [-0.4, -0.2) is 12.1 Å². The predicted molar refractivity (Wildman–Crippen MR) is 107 cm³/mol. The molecule has 1 nitrogen and oxygen atoms in total. The molecule has 0 heterocycles. The molecule has 0 saturated carbocycles. The fraction of sp³-hybridized carbons (Fsp3) is 0.636. The van der Waals surface area contributed by atoms with Gasteiger partial charge in [-0.3, -0.25) is 0 Å². The van der Waals surface area contributed by atoms with Crippen LogP contribution in [0.15, 0.2) is 46.6 Å². The molecule has 0 saturated heterocycles. The standard InChI is InChI=1S/C22H39N/c1-17(2)11-9-13-19(5)15-21(7)23-22(8)16-20(6)14-10-12-18(3)4/h11-12,15-16,21-23H,9-10,13-14H2,1-8H3/b19-15-,20-16-. The van der Waals surface area contributed by atoms with Crippen molar-refractivity contribution in [2.45, 2.75) is 93.2 Å². The van der Waals surface area contributed by atoms with Crippen molar-refractivity contribution in [3.05, 3.63) is 46.6 Å². The molecule has 2 unspecified atom stereocenters. The molecular formula is C22H39N. The molecule has 0 fully saturated rings. The number of allylic oxidation sites excluding steroid dienone is 6. The smallest absolute Gasteiger partial charge is 0.0229 e. The highest BCUT2D eigenvalue weighted by Gasteiger charge is 2.03. The van der Waals surface area contributed by atoms with Gasteiger partial charge >= 0.3 is 0 Å². The summed E-state index contributed by atoms with van der Waals surface area (Å²) in [5.41, 5.74) is 5.76. The highest BCUT2D eigenvalue weighted by Crippen LogP contribution is 2.10. The molecule has 0 amide bonds. The number of nitrogens with one attached hydrogen (secondary N) is 1. The zero-order valence-corrected chi connectivity index (χ0v) is 16.8. The molecule has 0 spiro atoms. The Balaban J connectivity index is 4.28. The van der Waals surface area contributed by atoms with Crippen LogP contribution in [0.4, 0.5) is 0 Å². The summed E-state index contributed by atoms with van der Waals surface area (Å²) in [4.78, 5) is 0. The Morgan fingerprint density at radius 1 is 0.696 bits per heavy atom. The van der Waals surface area contributed by atoms with Crippen LogP contribution < -0.4 is 5.32 Å². The van der Waals surface area contributed by atoms with Gasteiger partial charge in [-0.1, -0.05) is 46.6 Å². The molecule has 0 bridgehead atoms. The predicted octanol–water partition coefficient (Wildman–Crippen LogP) is 6.74. The molecule has 1 N–H and O–H groups in total. The van der Waals surface area contributed by atoms with E-state index in [2.05, 4.69) is 85.0 Å². The third-order valence-electron chi connectivity index (χ3n) is 3.78. The maximum atomic E-state index is 3.66. The molecule has 0 aliphatic carbocycles. The molecule has 0 aromatic carbocycles. The van der Waals surface area contributed by atoms with Crippen LogP contribution in [0.3, 0.4) is 0 Å². The van der Waals surface area contributed by atoms with E-state index < -0.39 is 0 Å². The summed E-state index contributed by atoms with van der Waals surface area (Å²) in [7, 11) is 0. The van der Waals surface area contributed by atoms with E-state index in [0.717, 1.165) is 25.7 Å². The van der Waals surface area contributed by atoms with Crippen LogP contribution in [0.25, 0.3) is 0 Å². The Bertz CT molecular complexity index is 399. The van der Waals surface area contributed by atoms with Gasteiger partial charge in [0.15, 0.2) is 0 Å². The van der Waals surface area contributed by atoms with Gasteiger partial charge in [0.2, 0.25) is 0 Å². The Kier molecular flexibility index (Phi) is 11.8. The SMILES string of the molecule is CC(C)=CCC/C(C)=C\C(C)NC(C)/C=C(/C)CCC=C(C)C. The van der Waals surface area contributed by atoms with Crippen LogP contribution in [0, 0.1) is 0 Å². The molecule has 0 aromatic heterocycles. The average Bonchev–Trinajstić information content (AvgIpc) is 2.36. The molecular weight excluding hydrogens is 278 g/mol. The van der Waals surface area contributed by atoms with Gasteiger partial charge in [-0.2, -0.15) is 0 Å². The van der Waals surface area contributed by atoms with Gasteiger partial charge in [0.1, 0.15) is 0 Å². The summed E-state index contributed by atoms with van der Waals surface area (Å²) in [5, 5.41) is 3.66. The van der Waals surface area contributed by atoms with Crippen molar-refractivity contribution in [2.24, 2.45) is 0 Å². The molecule has 0 aromatic rings. The maximum absolute atomic E-state index is 3.66. The lowest BCUT2D eigenvalue weighted by Gasteiger charge is -2.16.